The molecule has 0 bridgehead atoms. The average molecular weight is 386 g/mol. The molecule has 6 heteroatoms. The molecule has 6 nitrogen and oxygen atoms in total. The van der Waals surface area contributed by atoms with Crippen LogP contribution in [-0.2, 0) is 17.9 Å². The van der Waals surface area contributed by atoms with Gasteiger partial charge in [0.25, 0.3) is 0 Å². The van der Waals surface area contributed by atoms with Crippen LogP contribution in [-0.4, -0.2) is 20.4 Å². The molecule has 29 heavy (non-hydrogen) atoms. The Morgan fingerprint density at radius 1 is 1.07 bits per heavy atom. The van der Waals surface area contributed by atoms with Crippen molar-refractivity contribution in [2.45, 2.75) is 26.1 Å². The SMILES string of the molecule is C[C@H](NC(=O)Cn1c(COc2ccccc2)nc2ccccc21)c1cccnc1. The van der Waals surface area contributed by atoms with E-state index in [0.717, 1.165) is 22.3 Å². The van der Waals surface area contributed by atoms with E-state index in [-0.39, 0.29) is 25.1 Å². The molecule has 2 heterocycles. The lowest BCUT2D eigenvalue weighted by molar-refractivity contribution is -0.122. The summed E-state index contributed by atoms with van der Waals surface area (Å²) in [6, 6.07) is 21.0. The third-order valence-electron chi connectivity index (χ3n) is 4.71. The van der Waals surface area contributed by atoms with Gasteiger partial charge >= 0.3 is 0 Å². The van der Waals surface area contributed by atoms with Gasteiger partial charge in [-0.05, 0) is 42.8 Å². The number of nitrogens with zero attached hydrogens (tertiary/aromatic N) is 3. The first-order valence-corrected chi connectivity index (χ1v) is 9.52. The molecule has 146 valence electrons. The molecule has 0 saturated carbocycles. The number of ether oxygens (including phenoxy) is 1. The maximum Gasteiger partial charge on any atom is 0.240 e. The summed E-state index contributed by atoms with van der Waals surface area (Å²) in [4.78, 5) is 21.5. The fraction of sp³-hybridized carbons (Fsp3) is 0.174. The molecular weight excluding hydrogens is 364 g/mol. The Morgan fingerprint density at radius 3 is 2.66 bits per heavy atom. The monoisotopic (exact) mass is 386 g/mol. The molecule has 4 aromatic rings. The molecule has 1 N–H and O–H groups in total. The molecule has 0 aliphatic heterocycles. The average Bonchev–Trinajstić information content (AvgIpc) is 3.11. The smallest absolute Gasteiger partial charge is 0.240 e. The number of amides is 1. The standard InChI is InChI=1S/C23H22N4O2/c1-17(18-8-7-13-24-14-18)25-23(28)15-27-21-12-6-5-11-20(21)26-22(27)16-29-19-9-3-2-4-10-19/h2-14,17H,15-16H2,1H3,(H,25,28)/t17-/m0/s1. The molecule has 0 saturated heterocycles. The van der Waals surface area contributed by atoms with Crippen LogP contribution < -0.4 is 10.1 Å². The number of imidazole rings is 1. The second kappa shape index (κ2) is 8.56. The van der Waals surface area contributed by atoms with E-state index in [2.05, 4.69) is 15.3 Å². The van der Waals surface area contributed by atoms with Crippen LogP contribution >= 0.6 is 0 Å². The van der Waals surface area contributed by atoms with Crippen LogP contribution in [0, 0.1) is 0 Å². The second-order valence-electron chi connectivity index (χ2n) is 6.78. The molecule has 0 spiro atoms. The van der Waals surface area contributed by atoms with Crippen LogP contribution in [0.1, 0.15) is 24.4 Å². The molecule has 0 unspecified atom stereocenters. The van der Waals surface area contributed by atoms with Crippen LogP contribution in [0.25, 0.3) is 11.0 Å². The Hall–Kier alpha value is -3.67. The number of hydrogen-bond donors (Lipinski definition) is 1. The number of carbonyl (C=O) groups excluding carboxylic acids is 1. The summed E-state index contributed by atoms with van der Waals surface area (Å²) >= 11 is 0. The second-order valence-corrected chi connectivity index (χ2v) is 6.78. The van der Waals surface area contributed by atoms with Gasteiger partial charge in [-0.15, -0.1) is 0 Å². The topological polar surface area (TPSA) is 69.0 Å². The highest BCUT2D eigenvalue weighted by molar-refractivity contribution is 5.81. The van der Waals surface area contributed by atoms with Gasteiger partial charge in [0.2, 0.25) is 5.91 Å². The van der Waals surface area contributed by atoms with Crippen LogP contribution in [0.4, 0.5) is 0 Å². The van der Waals surface area contributed by atoms with E-state index < -0.39 is 0 Å². The molecule has 4 rings (SSSR count). The van der Waals surface area contributed by atoms with Crippen LogP contribution in [0.5, 0.6) is 5.75 Å². The van der Waals surface area contributed by atoms with Crippen molar-refractivity contribution < 1.29 is 9.53 Å². The van der Waals surface area contributed by atoms with Gasteiger partial charge in [0, 0.05) is 12.4 Å². The van der Waals surface area contributed by atoms with Crippen LogP contribution in [0.15, 0.2) is 79.1 Å². The van der Waals surface area contributed by atoms with Crippen LogP contribution in [0.3, 0.4) is 0 Å². The Morgan fingerprint density at radius 2 is 1.86 bits per heavy atom. The third-order valence-corrected chi connectivity index (χ3v) is 4.71. The lowest BCUT2D eigenvalue weighted by Crippen LogP contribution is -2.30. The van der Waals surface area contributed by atoms with E-state index in [9.17, 15) is 4.79 Å². The normalized spacial score (nSPS) is 11.9. The summed E-state index contributed by atoms with van der Waals surface area (Å²) in [7, 11) is 0. The summed E-state index contributed by atoms with van der Waals surface area (Å²) in [5.74, 6) is 1.38. The number of aromatic nitrogens is 3. The first kappa shape index (κ1) is 18.7. The maximum atomic E-state index is 12.7. The molecular formula is C23H22N4O2. The van der Waals surface area contributed by atoms with Gasteiger partial charge in [-0.1, -0.05) is 36.4 Å². The van der Waals surface area contributed by atoms with Crippen molar-refractivity contribution >= 4 is 16.9 Å². The number of para-hydroxylation sites is 3. The highest BCUT2D eigenvalue weighted by Crippen LogP contribution is 2.19. The first-order valence-electron chi connectivity index (χ1n) is 9.52. The number of benzene rings is 2. The highest BCUT2D eigenvalue weighted by Gasteiger charge is 2.16. The molecule has 0 aliphatic rings. The Balaban J connectivity index is 1.53. The Bertz CT molecular complexity index is 1090. The van der Waals surface area contributed by atoms with Gasteiger partial charge in [-0.25, -0.2) is 4.98 Å². The molecule has 0 aliphatic carbocycles. The van der Waals surface area contributed by atoms with E-state index in [4.69, 9.17) is 4.74 Å². The first-order chi connectivity index (χ1) is 14.2. The van der Waals surface area contributed by atoms with Crippen molar-refractivity contribution in [2.24, 2.45) is 0 Å². The van der Waals surface area contributed by atoms with Gasteiger partial charge in [-0.3, -0.25) is 9.78 Å². The minimum atomic E-state index is -0.130. The lowest BCUT2D eigenvalue weighted by Gasteiger charge is -2.15. The maximum absolute atomic E-state index is 12.7. The summed E-state index contributed by atoms with van der Waals surface area (Å²) in [6.07, 6.45) is 3.48. The van der Waals surface area contributed by atoms with Crippen molar-refractivity contribution in [3.63, 3.8) is 0 Å². The number of hydrogen-bond acceptors (Lipinski definition) is 4. The zero-order chi connectivity index (χ0) is 20.1. The molecule has 1 amide bonds. The van der Waals surface area contributed by atoms with E-state index in [1.807, 2.05) is 78.2 Å². The van der Waals surface area contributed by atoms with Crippen molar-refractivity contribution in [1.82, 2.24) is 19.9 Å². The van der Waals surface area contributed by atoms with E-state index in [1.165, 1.54) is 0 Å². The summed E-state index contributed by atoms with van der Waals surface area (Å²) in [6.45, 7) is 2.39. The predicted octanol–water partition coefficient (Wildman–Crippen LogP) is 3.89. The molecule has 2 aromatic carbocycles. The van der Waals surface area contributed by atoms with E-state index in [0.29, 0.717) is 5.82 Å². The number of rotatable bonds is 7. The molecule has 0 fully saturated rings. The van der Waals surface area contributed by atoms with Gasteiger partial charge in [0.05, 0.1) is 17.1 Å². The zero-order valence-corrected chi connectivity index (χ0v) is 16.2. The van der Waals surface area contributed by atoms with Crippen molar-refractivity contribution in [2.75, 3.05) is 0 Å². The fourth-order valence-electron chi connectivity index (χ4n) is 3.22. The molecule has 0 radical (unpaired) electrons. The van der Waals surface area contributed by atoms with Crippen molar-refractivity contribution in [3.8, 4) is 5.75 Å². The number of pyridine rings is 1. The van der Waals surface area contributed by atoms with E-state index in [1.54, 1.807) is 12.4 Å². The van der Waals surface area contributed by atoms with Crippen molar-refractivity contribution in [1.29, 1.82) is 0 Å². The zero-order valence-electron chi connectivity index (χ0n) is 16.2. The molecule has 2 aromatic heterocycles. The summed E-state index contributed by atoms with van der Waals surface area (Å²) < 4.78 is 7.78. The van der Waals surface area contributed by atoms with Crippen molar-refractivity contribution in [3.05, 3.63) is 90.5 Å². The number of nitrogens with one attached hydrogen (secondary N) is 1. The minimum Gasteiger partial charge on any atom is -0.486 e. The van der Waals surface area contributed by atoms with Gasteiger partial charge in [0.15, 0.2) is 0 Å². The van der Waals surface area contributed by atoms with Gasteiger partial charge < -0.3 is 14.6 Å². The summed E-state index contributed by atoms with van der Waals surface area (Å²) in [5.41, 5.74) is 2.71. The predicted molar refractivity (Wildman–Crippen MR) is 111 cm³/mol. The largest absolute Gasteiger partial charge is 0.486 e. The molecule has 1 atom stereocenters. The Kier molecular flexibility index (Phi) is 5.52. The van der Waals surface area contributed by atoms with Crippen LogP contribution in [0.2, 0.25) is 0 Å². The quantitative estimate of drug-likeness (QED) is 0.523. The summed E-state index contributed by atoms with van der Waals surface area (Å²) in [5, 5.41) is 3.03. The van der Waals surface area contributed by atoms with Gasteiger partial charge in [0.1, 0.15) is 24.7 Å². The number of carbonyl (C=O) groups is 1. The van der Waals surface area contributed by atoms with E-state index >= 15 is 0 Å². The third kappa shape index (κ3) is 4.43. The fourth-order valence-corrected chi connectivity index (χ4v) is 3.22. The van der Waals surface area contributed by atoms with Gasteiger partial charge in [-0.2, -0.15) is 0 Å². The minimum absolute atomic E-state index is 0.0922. The highest BCUT2D eigenvalue weighted by atomic mass is 16.5. The Labute approximate surface area is 169 Å². The lowest BCUT2D eigenvalue weighted by atomic mass is 10.1. The number of fused-ring (bicyclic) bond motifs is 1.